The zero-order valence-electron chi connectivity index (χ0n) is 15.3. The average molecular weight is 386 g/mol. The van der Waals surface area contributed by atoms with E-state index in [1.54, 1.807) is 19.1 Å². The molecule has 28 heavy (non-hydrogen) atoms. The molecule has 2 aliphatic heterocycles. The number of rotatable bonds is 4. The van der Waals surface area contributed by atoms with Gasteiger partial charge >= 0.3 is 5.97 Å². The van der Waals surface area contributed by atoms with E-state index in [0.717, 1.165) is 4.90 Å². The number of benzene rings is 1. The molecule has 0 aliphatic carbocycles. The second-order valence-electron chi connectivity index (χ2n) is 6.95. The van der Waals surface area contributed by atoms with Crippen molar-refractivity contribution >= 4 is 23.5 Å². The quantitative estimate of drug-likeness (QED) is 0.640. The maximum atomic E-state index is 13.3. The van der Waals surface area contributed by atoms with Crippen LogP contribution in [0, 0.1) is 17.7 Å². The lowest BCUT2D eigenvalue weighted by Crippen LogP contribution is -2.55. The lowest BCUT2D eigenvalue weighted by molar-refractivity contribution is -0.152. The van der Waals surface area contributed by atoms with E-state index in [9.17, 15) is 18.8 Å². The van der Waals surface area contributed by atoms with E-state index in [0.29, 0.717) is 5.76 Å². The Labute approximate surface area is 160 Å². The highest BCUT2D eigenvalue weighted by Crippen LogP contribution is 2.51. The zero-order chi connectivity index (χ0) is 20.1. The van der Waals surface area contributed by atoms with Crippen LogP contribution in [-0.4, -0.2) is 30.4 Å². The van der Waals surface area contributed by atoms with Crippen LogP contribution < -0.4 is 10.2 Å². The summed E-state index contributed by atoms with van der Waals surface area (Å²) in [6, 6.07) is 7.80. The van der Waals surface area contributed by atoms with Crippen LogP contribution in [0.1, 0.15) is 25.1 Å². The number of nitrogens with zero attached hydrogens (tertiary/aromatic N) is 1. The van der Waals surface area contributed by atoms with Crippen molar-refractivity contribution in [1.82, 2.24) is 5.32 Å². The largest absolute Gasteiger partial charge is 0.468 e. The number of imide groups is 1. The number of hydrogen-bond acceptors (Lipinski definition) is 6. The molecule has 1 N–H and O–H groups in total. The molecule has 0 radical (unpaired) electrons. The molecule has 1 aromatic carbocycles. The minimum atomic E-state index is -1.36. The van der Waals surface area contributed by atoms with Crippen molar-refractivity contribution in [2.24, 2.45) is 11.8 Å². The van der Waals surface area contributed by atoms with Crippen molar-refractivity contribution in [2.75, 3.05) is 12.0 Å². The highest BCUT2D eigenvalue weighted by Gasteiger charge is 2.68. The molecular weight excluding hydrogens is 367 g/mol. The van der Waals surface area contributed by atoms with Gasteiger partial charge in [-0.05, 0) is 42.8 Å². The first kappa shape index (κ1) is 18.4. The van der Waals surface area contributed by atoms with E-state index >= 15 is 0 Å². The summed E-state index contributed by atoms with van der Waals surface area (Å²) in [5, 5.41) is 3.15. The van der Waals surface area contributed by atoms with Gasteiger partial charge in [0, 0.05) is 0 Å². The van der Waals surface area contributed by atoms with Crippen LogP contribution in [-0.2, 0) is 19.1 Å². The lowest BCUT2D eigenvalue weighted by Gasteiger charge is -2.31. The van der Waals surface area contributed by atoms with Crippen LogP contribution in [0.25, 0.3) is 0 Å². The van der Waals surface area contributed by atoms with E-state index in [2.05, 4.69) is 5.32 Å². The Morgan fingerprint density at radius 3 is 2.54 bits per heavy atom. The molecule has 2 saturated heterocycles. The van der Waals surface area contributed by atoms with Gasteiger partial charge in [0.1, 0.15) is 17.1 Å². The molecule has 0 saturated carbocycles. The fraction of sp³-hybridized carbons (Fsp3) is 0.350. The van der Waals surface area contributed by atoms with Crippen LogP contribution in [0.5, 0.6) is 0 Å². The van der Waals surface area contributed by atoms with E-state index in [4.69, 9.17) is 9.15 Å². The molecule has 2 amide bonds. The van der Waals surface area contributed by atoms with Crippen molar-refractivity contribution in [2.45, 2.75) is 24.9 Å². The van der Waals surface area contributed by atoms with E-state index in [1.165, 1.54) is 37.6 Å². The molecule has 4 atom stereocenters. The number of ether oxygens (including phenoxy) is 1. The molecular formula is C20H19FN2O5. The Hall–Kier alpha value is -3.00. The second kappa shape index (κ2) is 6.56. The molecule has 7 nitrogen and oxygen atoms in total. The molecule has 0 spiro atoms. The van der Waals surface area contributed by atoms with Crippen molar-refractivity contribution in [3.8, 4) is 0 Å². The molecule has 4 rings (SSSR count). The third-order valence-corrected chi connectivity index (χ3v) is 5.70. The van der Waals surface area contributed by atoms with Crippen LogP contribution in [0.2, 0.25) is 0 Å². The van der Waals surface area contributed by atoms with Gasteiger partial charge in [0.2, 0.25) is 11.8 Å². The number of hydrogen-bond donors (Lipinski definition) is 1. The summed E-state index contributed by atoms with van der Waals surface area (Å²) in [6.07, 6.45) is 1.71. The number of anilines is 1. The van der Waals surface area contributed by atoms with Crippen LogP contribution in [0.3, 0.4) is 0 Å². The van der Waals surface area contributed by atoms with Crippen molar-refractivity contribution in [1.29, 1.82) is 0 Å². The van der Waals surface area contributed by atoms with Gasteiger partial charge in [-0.2, -0.15) is 0 Å². The Balaban J connectivity index is 1.84. The van der Waals surface area contributed by atoms with E-state index in [1.807, 2.05) is 0 Å². The van der Waals surface area contributed by atoms with Gasteiger partial charge in [-0.15, -0.1) is 0 Å². The summed E-state index contributed by atoms with van der Waals surface area (Å²) in [4.78, 5) is 40.4. The summed E-state index contributed by atoms with van der Waals surface area (Å²) in [7, 11) is 1.25. The third-order valence-electron chi connectivity index (χ3n) is 5.70. The molecule has 0 bridgehead atoms. The van der Waals surface area contributed by atoms with Crippen LogP contribution >= 0.6 is 0 Å². The fourth-order valence-electron chi connectivity index (χ4n) is 4.40. The average Bonchev–Trinajstić information content (AvgIpc) is 3.39. The summed E-state index contributed by atoms with van der Waals surface area (Å²) < 4.78 is 23.8. The number of carbonyl (C=O) groups is 3. The van der Waals surface area contributed by atoms with Crippen LogP contribution in [0.4, 0.5) is 10.1 Å². The molecule has 1 aromatic heterocycles. The van der Waals surface area contributed by atoms with Gasteiger partial charge in [-0.25, -0.2) is 9.29 Å². The number of fused-ring (bicyclic) bond motifs is 1. The van der Waals surface area contributed by atoms with Crippen molar-refractivity contribution in [3.63, 3.8) is 0 Å². The number of halogens is 1. The predicted molar refractivity (Wildman–Crippen MR) is 95.5 cm³/mol. The van der Waals surface area contributed by atoms with Gasteiger partial charge < -0.3 is 9.15 Å². The summed E-state index contributed by atoms with van der Waals surface area (Å²) in [5.74, 6) is -3.42. The maximum absolute atomic E-state index is 13.3. The van der Waals surface area contributed by atoms with Gasteiger partial charge in [-0.1, -0.05) is 6.92 Å². The highest BCUT2D eigenvalue weighted by atomic mass is 19.1. The van der Waals surface area contributed by atoms with Gasteiger partial charge in [0.15, 0.2) is 0 Å². The number of carbonyl (C=O) groups excluding carboxylic acids is 3. The molecule has 4 unspecified atom stereocenters. The van der Waals surface area contributed by atoms with Gasteiger partial charge in [0.05, 0.1) is 36.9 Å². The highest BCUT2D eigenvalue weighted by molar-refractivity contribution is 6.24. The Morgan fingerprint density at radius 1 is 1.25 bits per heavy atom. The Kier molecular flexibility index (Phi) is 4.30. The van der Waals surface area contributed by atoms with E-state index < -0.39 is 47.0 Å². The second-order valence-corrected chi connectivity index (χ2v) is 6.95. The summed E-state index contributed by atoms with van der Waals surface area (Å²) in [6.45, 7) is 1.75. The zero-order valence-corrected chi connectivity index (χ0v) is 15.3. The molecule has 3 heterocycles. The predicted octanol–water partition coefficient (Wildman–Crippen LogP) is 2.19. The van der Waals surface area contributed by atoms with Gasteiger partial charge in [0.25, 0.3) is 0 Å². The number of nitrogens with one attached hydrogen (secondary N) is 1. The smallest absolute Gasteiger partial charge is 0.326 e. The minimum absolute atomic E-state index is 0.244. The Bertz CT molecular complexity index is 927. The summed E-state index contributed by atoms with van der Waals surface area (Å²) >= 11 is 0. The summed E-state index contributed by atoms with van der Waals surface area (Å²) in [5.41, 5.74) is -1.10. The molecule has 8 heteroatoms. The Morgan fingerprint density at radius 2 is 1.96 bits per heavy atom. The van der Waals surface area contributed by atoms with Crippen molar-refractivity contribution in [3.05, 3.63) is 54.2 Å². The van der Waals surface area contributed by atoms with Gasteiger partial charge in [-0.3, -0.25) is 19.7 Å². The molecule has 2 aromatic rings. The monoisotopic (exact) mass is 386 g/mol. The molecule has 146 valence electrons. The number of amides is 2. The molecule has 2 fully saturated rings. The normalized spacial score (nSPS) is 29.2. The first-order chi connectivity index (χ1) is 13.4. The van der Waals surface area contributed by atoms with Crippen LogP contribution in [0.15, 0.2) is 47.1 Å². The first-order valence-corrected chi connectivity index (χ1v) is 8.97. The number of methoxy groups -OCH3 is 1. The first-order valence-electron chi connectivity index (χ1n) is 8.97. The maximum Gasteiger partial charge on any atom is 0.326 e. The molecule has 2 aliphatic rings. The number of furan rings is 1. The standard InChI is InChI=1S/C20H19FN2O5/c1-3-20(19(26)27-2)15-14(16(22-20)13-5-4-10-28-13)17(24)23(18(15)25)12-8-6-11(21)7-9-12/h4-10,14-16,22H,3H2,1-2H3. The topological polar surface area (TPSA) is 88.8 Å². The fourth-order valence-corrected chi connectivity index (χ4v) is 4.40. The number of esters is 1. The van der Waals surface area contributed by atoms with Crippen molar-refractivity contribution < 1.29 is 27.9 Å². The van der Waals surface area contributed by atoms with E-state index in [-0.39, 0.29) is 12.1 Å². The third kappa shape index (κ3) is 2.41. The minimum Gasteiger partial charge on any atom is -0.468 e. The lowest BCUT2D eigenvalue weighted by atomic mass is 9.78. The SMILES string of the molecule is CCC1(C(=O)OC)NC(c2ccco2)C2C(=O)N(c3ccc(F)cc3)C(=O)C21.